The summed E-state index contributed by atoms with van der Waals surface area (Å²) in [4.78, 5) is 20.6. The number of nitrogens with zero attached hydrogens (tertiary/aromatic N) is 2. The van der Waals surface area contributed by atoms with Crippen LogP contribution in [-0.2, 0) is 0 Å². The van der Waals surface area contributed by atoms with E-state index in [1.165, 1.54) is 0 Å². The lowest BCUT2D eigenvalue weighted by molar-refractivity contribution is 0.0937. The van der Waals surface area contributed by atoms with E-state index >= 15 is 0 Å². The minimum absolute atomic E-state index is 0.218. The van der Waals surface area contributed by atoms with Gasteiger partial charge in [-0.2, -0.15) is 0 Å². The first-order valence-corrected chi connectivity index (χ1v) is 7.58. The highest BCUT2D eigenvalue weighted by molar-refractivity contribution is 5.92. The Morgan fingerprint density at radius 1 is 1.27 bits per heavy atom. The number of carbonyl (C=O) groups excluding carboxylic acids is 1. The van der Waals surface area contributed by atoms with Crippen LogP contribution in [0.15, 0.2) is 42.6 Å². The van der Waals surface area contributed by atoms with Crippen LogP contribution >= 0.6 is 0 Å². The lowest BCUT2D eigenvalue weighted by Crippen LogP contribution is -2.26. The van der Waals surface area contributed by atoms with Gasteiger partial charge >= 0.3 is 0 Å². The summed E-state index contributed by atoms with van der Waals surface area (Å²) in [6.07, 6.45) is 3.74. The molecule has 0 saturated heterocycles. The van der Waals surface area contributed by atoms with Crippen molar-refractivity contribution in [3.63, 3.8) is 0 Å². The second-order valence-corrected chi connectivity index (χ2v) is 5.55. The third kappa shape index (κ3) is 3.68. The molecule has 1 unspecified atom stereocenters. The zero-order valence-corrected chi connectivity index (χ0v) is 12.3. The van der Waals surface area contributed by atoms with Crippen molar-refractivity contribution < 1.29 is 9.90 Å². The van der Waals surface area contributed by atoms with Gasteiger partial charge in [-0.15, -0.1) is 0 Å². The molecule has 0 spiro atoms. The second-order valence-electron chi connectivity index (χ2n) is 5.55. The molecule has 1 heterocycles. The van der Waals surface area contributed by atoms with Gasteiger partial charge in [0.2, 0.25) is 0 Å². The number of hydrogen-bond acceptors (Lipinski definition) is 4. The molecule has 22 heavy (non-hydrogen) atoms. The molecule has 0 aliphatic heterocycles. The highest BCUT2D eigenvalue weighted by atomic mass is 16.3. The summed E-state index contributed by atoms with van der Waals surface area (Å²) in [6.45, 7) is 0.400. The van der Waals surface area contributed by atoms with Crippen LogP contribution < -0.4 is 5.32 Å². The molecule has 5 heteroatoms. The molecule has 0 bridgehead atoms. The average molecular weight is 297 g/mol. The van der Waals surface area contributed by atoms with Crippen molar-refractivity contribution in [1.82, 2.24) is 15.3 Å². The molecule has 1 aliphatic rings. The monoisotopic (exact) mass is 297 g/mol. The van der Waals surface area contributed by atoms with Gasteiger partial charge in [0, 0.05) is 18.7 Å². The van der Waals surface area contributed by atoms with Gasteiger partial charge in [0.1, 0.15) is 11.5 Å². The van der Waals surface area contributed by atoms with Crippen LogP contribution in [0.1, 0.15) is 53.2 Å². The molecule has 1 saturated carbocycles. The summed E-state index contributed by atoms with van der Waals surface area (Å²) in [7, 11) is 0. The van der Waals surface area contributed by atoms with E-state index < -0.39 is 6.10 Å². The number of aliphatic hydroxyl groups is 1. The van der Waals surface area contributed by atoms with Crippen molar-refractivity contribution in [3.05, 3.63) is 59.7 Å². The minimum Gasteiger partial charge on any atom is -0.388 e. The van der Waals surface area contributed by atoms with Crippen LogP contribution in [0.25, 0.3) is 0 Å². The summed E-state index contributed by atoms with van der Waals surface area (Å²) in [5.41, 5.74) is 1.25. The van der Waals surface area contributed by atoms with Crippen molar-refractivity contribution in [3.8, 4) is 0 Å². The Kier molecular flexibility index (Phi) is 4.44. The number of rotatable bonds is 6. The molecule has 114 valence electrons. The van der Waals surface area contributed by atoms with Gasteiger partial charge in [-0.3, -0.25) is 4.79 Å². The molecular weight excluding hydrogens is 278 g/mol. The normalized spacial score (nSPS) is 15.3. The predicted octanol–water partition coefficient (Wildman–Crippen LogP) is 2.21. The van der Waals surface area contributed by atoms with Gasteiger partial charge in [-0.25, -0.2) is 9.97 Å². The summed E-state index contributed by atoms with van der Waals surface area (Å²) in [5, 5.41) is 12.8. The highest BCUT2D eigenvalue weighted by Crippen LogP contribution is 2.37. The molecule has 5 nitrogen and oxygen atoms in total. The van der Waals surface area contributed by atoms with Crippen LogP contribution in [0, 0.1) is 0 Å². The van der Waals surface area contributed by atoms with E-state index in [1.807, 2.05) is 30.3 Å². The standard InChI is InChI=1S/C17H19N3O2/c21-15(12-4-2-1-3-5-12)9-11-19-17(22)14-8-10-18-16(20-14)13-6-7-13/h1-5,8,10,13,15,21H,6-7,9,11H2,(H,19,22). The maximum absolute atomic E-state index is 12.1. The fourth-order valence-electron chi connectivity index (χ4n) is 2.29. The number of carbonyl (C=O) groups is 1. The molecule has 3 rings (SSSR count). The second kappa shape index (κ2) is 6.66. The molecule has 2 aromatic rings. The van der Waals surface area contributed by atoms with E-state index in [2.05, 4.69) is 15.3 Å². The maximum Gasteiger partial charge on any atom is 0.270 e. The molecule has 1 aromatic heterocycles. The van der Waals surface area contributed by atoms with E-state index in [4.69, 9.17) is 0 Å². The van der Waals surface area contributed by atoms with Crippen LogP contribution in [0.3, 0.4) is 0 Å². The average Bonchev–Trinajstić information content (AvgIpc) is 3.40. The number of hydrogen-bond donors (Lipinski definition) is 2. The first-order chi connectivity index (χ1) is 10.7. The van der Waals surface area contributed by atoms with Gasteiger partial charge < -0.3 is 10.4 Å². The largest absolute Gasteiger partial charge is 0.388 e. The number of nitrogens with one attached hydrogen (secondary N) is 1. The molecule has 1 amide bonds. The smallest absolute Gasteiger partial charge is 0.270 e. The van der Waals surface area contributed by atoms with Crippen molar-refractivity contribution in [2.45, 2.75) is 31.3 Å². The third-order valence-corrected chi connectivity index (χ3v) is 3.74. The van der Waals surface area contributed by atoms with Crippen molar-refractivity contribution >= 4 is 5.91 Å². The first kappa shape index (κ1) is 14.7. The Labute approximate surface area is 129 Å². The summed E-state index contributed by atoms with van der Waals surface area (Å²) >= 11 is 0. The summed E-state index contributed by atoms with van der Waals surface area (Å²) in [5.74, 6) is 0.967. The Bertz CT molecular complexity index is 641. The van der Waals surface area contributed by atoms with E-state index in [1.54, 1.807) is 12.3 Å². The molecule has 1 fully saturated rings. The number of aliphatic hydroxyl groups excluding tert-OH is 1. The topological polar surface area (TPSA) is 75.1 Å². The van der Waals surface area contributed by atoms with Crippen LogP contribution in [0.4, 0.5) is 0 Å². The van der Waals surface area contributed by atoms with Gasteiger partial charge in [0.05, 0.1) is 6.10 Å². The molecule has 1 atom stereocenters. The molecule has 1 aliphatic carbocycles. The van der Waals surface area contributed by atoms with Crippen LogP contribution in [-0.4, -0.2) is 27.5 Å². The Balaban J connectivity index is 1.51. The number of benzene rings is 1. The van der Waals surface area contributed by atoms with E-state index in [0.29, 0.717) is 24.6 Å². The predicted molar refractivity (Wildman–Crippen MR) is 82.4 cm³/mol. The molecule has 0 radical (unpaired) electrons. The first-order valence-electron chi connectivity index (χ1n) is 7.58. The number of aromatic nitrogens is 2. The van der Waals surface area contributed by atoms with Crippen molar-refractivity contribution in [2.75, 3.05) is 6.54 Å². The fourth-order valence-corrected chi connectivity index (χ4v) is 2.29. The quantitative estimate of drug-likeness (QED) is 0.857. The highest BCUT2D eigenvalue weighted by Gasteiger charge is 2.27. The lowest BCUT2D eigenvalue weighted by atomic mass is 10.1. The van der Waals surface area contributed by atoms with Crippen molar-refractivity contribution in [2.24, 2.45) is 0 Å². The van der Waals surface area contributed by atoms with Gasteiger partial charge in [-0.1, -0.05) is 30.3 Å². The molecule has 1 aromatic carbocycles. The zero-order chi connectivity index (χ0) is 15.4. The van der Waals surface area contributed by atoms with Crippen LogP contribution in [0.5, 0.6) is 0 Å². The van der Waals surface area contributed by atoms with Gasteiger partial charge in [0.15, 0.2) is 0 Å². The van der Waals surface area contributed by atoms with E-state index in [9.17, 15) is 9.90 Å². The van der Waals surface area contributed by atoms with E-state index in [0.717, 1.165) is 24.2 Å². The summed E-state index contributed by atoms with van der Waals surface area (Å²) < 4.78 is 0. The SMILES string of the molecule is O=C(NCCC(O)c1ccccc1)c1ccnc(C2CC2)n1. The lowest BCUT2D eigenvalue weighted by Gasteiger charge is -2.11. The molecule has 2 N–H and O–H groups in total. The Morgan fingerprint density at radius 2 is 2.05 bits per heavy atom. The minimum atomic E-state index is -0.575. The van der Waals surface area contributed by atoms with Gasteiger partial charge in [0.25, 0.3) is 5.91 Å². The third-order valence-electron chi connectivity index (χ3n) is 3.74. The summed E-state index contributed by atoms with van der Waals surface area (Å²) in [6, 6.07) is 11.0. The fraction of sp³-hybridized carbons (Fsp3) is 0.353. The van der Waals surface area contributed by atoms with Gasteiger partial charge in [-0.05, 0) is 30.9 Å². The molecular formula is C17H19N3O2. The maximum atomic E-state index is 12.1. The Hall–Kier alpha value is -2.27. The van der Waals surface area contributed by atoms with Crippen molar-refractivity contribution in [1.29, 1.82) is 0 Å². The number of amides is 1. The van der Waals surface area contributed by atoms with E-state index in [-0.39, 0.29) is 5.91 Å². The zero-order valence-electron chi connectivity index (χ0n) is 12.3. The Morgan fingerprint density at radius 3 is 2.77 bits per heavy atom. The van der Waals surface area contributed by atoms with Crippen LogP contribution in [0.2, 0.25) is 0 Å².